The highest BCUT2D eigenvalue weighted by Crippen LogP contribution is 2.19. The van der Waals surface area contributed by atoms with Crippen molar-refractivity contribution < 1.29 is 0 Å². The Morgan fingerprint density at radius 2 is 2.10 bits per heavy atom. The van der Waals surface area contributed by atoms with Crippen molar-refractivity contribution in [1.29, 1.82) is 0 Å². The Bertz CT molecular complexity index is 554. The second-order valence-corrected chi connectivity index (χ2v) is 5.62. The molecule has 0 saturated carbocycles. The van der Waals surface area contributed by atoms with Crippen LogP contribution in [0.25, 0.3) is 0 Å². The fraction of sp³-hybridized carbons (Fsp3) is 0.643. The van der Waals surface area contributed by atoms with Gasteiger partial charge in [0.05, 0.1) is 5.69 Å². The van der Waals surface area contributed by atoms with E-state index in [2.05, 4.69) is 36.0 Å². The number of rotatable bonds is 6. The van der Waals surface area contributed by atoms with E-state index in [9.17, 15) is 0 Å². The van der Waals surface area contributed by atoms with Crippen LogP contribution in [-0.4, -0.2) is 24.5 Å². The summed E-state index contributed by atoms with van der Waals surface area (Å²) in [6.07, 6.45) is 5.19. The molecule has 0 radical (unpaired) electrons. The van der Waals surface area contributed by atoms with E-state index in [0.29, 0.717) is 12.3 Å². The summed E-state index contributed by atoms with van der Waals surface area (Å²) >= 11 is 0. The van der Waals surface area contributed by atoms with E-state index in [-0.39, 0.29) is 6.04 Å². The molecule has 20 heavy (non-hydrogen) atoms. The molecule has 2 aromatic heterocycles. The number of nitrogens with two attached hydrogens (primary N) is 1. The van der Waals surface area contributed by atoms with Crippen LogP contribution in [0, 0.1) is 5.92 Å². The van der Waals surface area contributed by atoms with Crippen LogP contribution in [0.15, 0.2) is 12.5 Å². The number of aryl methyl sites for hydroxylation is 2. The molecule has 2 rings (SSSR count). The van der Waals surface area contributed by atoms with Gasteiger partial charge in [-0.2, -0.15) is 10.2 Å². The Morgan fingerprint density at radius 3 is 2.75 bits per heavy atom. The average molecular weight is 276 g/mol. The molecule has 0 aliphatic carbocycles. The van der Waals surface area contributed by atoms with Crippen molar-refractivity contribution in [3.63, 3.8) is 0 Å². The predicted molar refractivity (Wildman–Crippen MR) is 78.1 cm³/mol. The summed E-state index contributed by atoms with van der Waals surface area (Å²) in [5.41, 5.74) is 8.51. The van der Waals surface area contributed by atoms with Gasteiger partial charge in [0.1, 0.15) is 12.2 Å². The summed E-state index contributed by atoms with van der Waals surface area (Å²) in [6, 6.07) is -0.0891. The lowest BCUT2D eigenvalue weighted by Crippen LogP contribution is -2.19. The molecule has 0 bridgehead atoms. The highest BCUT2D eigenvalue weighted by atomic mass is 15.3. The molecule has 1 atom stereocenters. The van der Waals surface area contributed by atoms with E-state index in [1.54, 1.807) is 6.33 Å². The molecule has 0 amide bonds. The molecule has 6 heteroatoms. The molecule has 2 N–H and O–H groups in total. The summed E-state index contributed by atoms with van der Waals surface area (Å²) in [7, 11) is 1.93. The van der Waals surface area contributed by atoms with Crippen LogP contribution in [0.1, 0.15) is 43.9 Å². The van der Waals surface area contributed by atoms with Crippen LogP contribution < -0.4 is 5.73 Å². The zero-order valence-electron chi connectivity index (χ0n) is 12.7. The highest BCUT2D eigenvalue weighted by molar-refractivity contribution is 5.22. The van der Waals surface area contributed by atoms with Gasteiger partial charge in [-0.3, -0.25) is 4.68 Å². The third kappa shape index (κ3) is 3.25. The fourth-order valence-corrected chi connectivity index (χ4v) is 2.39. The molecule has 110 valence electrons. The second kappa shape index (κ2) is 6.17. The normalized spacial score (nSPS) is 13.1. The number of hydrogen-bond acceptors (Lipinski definition) is 4. The minimum absolute atomic E-state index is 0.0891. The molecule has 0 fully saturated rings. The van der Waals surface area contributed by atoms with Crippen LogP contribution in [-0.2, 0) is 26.4 Å². The molecule has 6 nitrogen and oxygen atoms in total. The van der Waals surface area contributed by atoms with Crippen LogP contribution in [0.5, 0.6) is 0 Å². The quantitative estimate of drug-likeness (QED) is 0.867. The first-order valence-corrected chi connectivity index (χ1v) is 7.15. The predicted octanol–water partition coefficient (Wildman–Crippen LogP) is 1.47. The van der Waals surface area contributed by atoms with Crippen molar-refractivity contribution >= 4 is 0 Å². The number of nitrogens with zero attached hydrogens (tertiary/aromatic N) is 5. The van der Waals surface area contributed by atoms with Crippen molar-refractivity contribution in [2.24, 2.45) is 18.7 Å². The molecular formula is C14H24N6. The Balaban J connectivity index is 2.15. The average Bonchev–Trinajstić information content (AvgIpc) is 2.95. The van der Waals surface area contributed by atoms with Crippen LogP contribution >= 0.6 is 0 Å². The van der Waals surface area contributed by atoms with Gasteiger partial charge in [-0.1, -0.05) is 20.8 Å². The van der Waals surface area contributed by atoms with Crippen LogP contribution in [0.4, 0.5) is 0 Å². The molecule has 0 aromatic carbocycles. The first-order valence-electron chi connectivity index (χ1n) is 7.15. The monoisotopic (exact) mass is 276 g/mol. The van der Waals surface area contributed by atoms with Crippen LogP contribution in [0.2, 0.25) is 0 Å². The van der Waals surface area contributed by atoms with Gasteiger partial charge in [0.15, 0.2) is 0 Å². The first-order chi connectivity index (χ1) is 9.51. The van der Waals surface area contributed by atoms with Crippen LogP contribution in [0.3, 0.4) is 0 Å². The SMILES string of the molecule is CCc1nn(C)cc1C(N)Cc1ncnn1CC(C)C. The molecule has 2 heterocycles. The van der Waals surface area contributed by atoms with Crippen molar-refractivity contribution in [3.05, 3.63) is 29.6 Å². The summed E-state index contributed by atoms with van der Waals surface area (Å²) in [5.74, 6) is 1.48. The van der Waals surface area contributed by atoms with E-state index < -0.39 is 0 Å². The minimum Gasteiger partial charge on any atom is -0.323 e. The number of hydrogen-bond donors (Lipinski definition) is 1. The molecule has 0 spiro atoms. The van der Waals surface area contributed by atoms with Gasteiger partial charge >= 0.3 is 0 Å². The minimum atomic E-state index is -0.0891. The fourth-order valence-electron chi connectivity index (χ4n) is 2.39. The lowest BCUT2D eigenvalue weighted by molar-refractivity contribution is 0.459. The molecular weight excluding hydrogens is 252 g/mol. The van der Waals surface area contributed by atoms with Gasteiger partial charge < -0.3 is 5.73 Å². The maximum atomic E-state index is 6.34. The Hall–Kier alpha value is -1.69. The summed E-state index contributed by atoms with van der Waals surface area (Å²) in [4.78, 5) is 4.34. The lowest BCUT2D eigenvalue weighted by Gasteiger charge is -2.13. The third-order valence-corrected chi connectivity index (χ3v) is 3.31. The van der Waals surface area contributed by atoms with E-state index in [1.807, 2.05) is 22.6 Å². The zero-order valence-corrected chi connectivity index (χ0v) is 12.7. The third-order valence-electron chi connectivity index (χ3n) is 3.31. The maximum Gasteiger partial charge on any atom is 0.138 e. The topological polar surface area (TPSA) is 74.6 Å². The smallest absolute Gasteiger partial charge is 0.138 e. The molecule has 2 aromatic rings. The highest BCUT2D eigenvalue weighted by Gasteiger charge is 2.17. The maximum absolute atomic E-state index is 6.34. The summed E-state index contributed by atoms with van der Waals surface area (Å²) in [6.45, 7) is 7.30. The summed E-state index contributed by atoms with van der Waals surface area (Å²) in [5, 5.41) is 8.72. The molecule has 0 saturated heterocycles. The van der Waals surface area contributed by atoms with E-state index in [0.717, 1.165) is 30.0 Å². The largest absolute Gasteiger partial charge is 0.323 e. The van der Waals surface area contributed by atoms with Gasteiger partial charge in [-0.15, -0.1) is 0 Å². The van der Waals surface area contributed by atoms with Crippen molar-refractivity contribution in [2.75, 3.05) is 0 Å². The molecule has 1 unspecified atom stereocenters. The first kappa shape index (κ1) is 14.7. The van der Waals surface area contributed by atoms with Gasteiger partial charge in [0, 0.05) is 37.8 Å². The lowest BCUT2D eigenvalue weighted by atomic mass is 10.0. The molecule has 0 aliphatic rings. The van der Waals surface area contributed by atoms with E-state index >= 15 is 0 Å². The van der Waals surface area contributed by atoms with Gasteiger partial charge in [0.25, 0.3) is 0 Å². The summed E-state index contributed by atoms with van der Waals surface area (Å²) < 4.78 is 3.78. The van der Waals surface area contributed by atoms with Gasteiger partial charge in [-0.25, -0.2) is 9.67 Å². The van der Waals surface area contributed by atoms with E-state index in [1.165, 1.54) is 0 Å². The van der Waals surface area contributed by atoms with Gasteiger partial charge in [0.2, 0.25) is 0 Å². The Morgan fingerprint density at radius 1 is 1.35 bits per heavy atom. The van der Waals surface area contributed by atoms with E-state index in [4.69, 9.17) is 5.73 Å². The van der Waals surface area contributed by atoms with Crippen molar-refractivity contribution in [3.8, 4) is 0 Å². The Kier molecular flexibility index (Phi) is 4.54. The standard InChI is InChI=1S/C14H24N6/c1-5-13-11(8-19(4)18-13)12(15)6-14-16-9-17-20(14)7-10(2)3/h8-10,12H,5-7,15H2,1-4H3. The van der Waals surface area contributed by atoms with Crippen molar-refractivity contribution in [2.45, 2.75) is 46.2 Å². The van der Waals surface area contributed by atoms with Crippen molar-refractivity contribution in [1.82, 2.24) is 24.5 Å². The second-order valence-electron chi connectivity index (χ2n) is 5.62. The number of aromatic nitrogens is 5. The van der Waals surface area contributed by atoms with Gasteiger partial charge in [-0.05, 0) is 12.3 Å². The Labute approximate surface area is 120 Å². The molecule has 0 aliphatic heterocycles. The zero-order chi connectivity index (χ0) is 14.7.